The van der Waals surface area contributed by atoms with E-state index in [0.717, 1.165) is 5.56 Å². The van der Waals surface area contributed by atoms with Crippen LogP contribution in [0, 0.1) is 0 Å². The molecule has 1 aromatic carbocycles. The molecule has 0 saturated heterocycles. The maximum absolute atomic E-state index is 11.4. The molecule has 2 amide bonds. The van der Waals surface area contributed by atoms with Crippen molar-refractivity contribution in [2.24, 2.45) is 5.10 Å². The van der Waals surface area contributed by atoms with E-state index in [1.165, 1.54) is 6.21 Å². The van der Waals surface area contributed by atoms with Crippen molar-refractivity contribution in [3.05, 3.63) is 23.8 Å². The first-order valence-electron chi connectivity index (χ1n) is 6.10. The van der Waals surface area contributed by atoms with E-state index in [-0.39, 0.29) is 12.8 Å². The van der Waals surface area contributed by atoms with Gasteiger partial charge in [0.15, 0.2) is 11.5 Å². The third kappa shape index (κ3) is 3.47. The second kappa shape index (κ2) is 6.05. The molecule has 2 N–H and O–H groups in total. The number of carbonyl (C=O) groups excluding carboxylic acids is 2. The van der Waals surface area contributed by atoms with Crippen molar-refractivity contribution >= 4 is 18.0 Å². The molecule has 0 aromatic heterocycles. The summed E-state index contributed by atoms with van der Waals surface area (Å²) in [6.07, 6.45) is 1.42. The van der Waals surface area contributed by atoms with Crippen LogP contribution in [-0.2, 0) is 9.59 Å². The number of nitrogens with zero attached hydrogens (tertiary/aromatic N) is 1. The van der Waals surface area contributed by atoms with Gasteiger partial charge in [0, 0.05) is 6.04 Å². The summed E-state index contributed by atoms with van der Waals surface area (Å²) < 4.78 is 10.4. The lowest BCUT2D eigenvalue weighted by Gasteiger charge is -2.06. The standard InChI is InChI=1S/C13H15N3O4/c1-8(2)15-12(17)13(18)16-14-6-9-3-4-10-11(5-9)20-7-19-10/h3-6,8H,7H2,1-2H3,(H,15,17)(H,16,18). The molecule has 0 aliphatic carbocycles. The van der Waals surface area contributed by atoms with Crippen molar-refractivity contribution < 1.29 is 19.1 Å². The van der Waals surface area contributed by atoms with Gasteiger partial charge in [0.05, 0.1) is 6.21 Å². The molecule has 1 aromatic rings. The second-order valence-corrected chi connectivity index (χ2v) is 4.44. The fourth-order valence-electron chi connectivity index (χ4n) is 1.54. The van der Waals surface area contributed by atoms with Crippen LogP contribution in [0.5, 0.6) is 11.5 Å². The number of amides is 2. The zero-order valence-electron chi connectivity index (χ0n) is 11.2. The van der Waals surface area contributed by atoms with Gasteiger partial charge in [0.2, 0.25) is 6.79 Å². The molecule has 0 atom stereocenters. The SMILES string of the molecule is CC(C)NC(=O)C(=O)NN=Cc1ccc2c(c1)OCO2. The summed E-state index contributed by atoms with van der Waals surface area (Å²) in [7, 11) is 0. The number of ether oxygens (including phenoxy) is 2. The summed E-state index contributed by atoms with van der Waals surface area (Å²) in [6.45, 7) is 3.73. The van der Waals surface area contributed by atoms with Crippen LogP contribution in [0.1, 0.15) is 19.4 Å². The Morgan fingerprint density at radius 1 is 1.25 bits per heavy atom. The van der Waals surface area contributed by atoms with Gasteiger partial charge in [0.25, 0.3) is 0 Å². The van der Waals surface area contributed by atoms with E-state index in [0.29, 0.717) is 11.5 Å². The van der Waals surface area contributed by atoms with Crippen LogP contribution in [0.2, 0.25) is 0 Å². The lowest BCUT2D eigenvalue weighted by molar-refractivity contribution is -0.139. The first kappa shape index (κ1) is 13.9. The van der Waals surface area contributed by atoms with Crippen LogP contribution < -0.4 is 20.2 Å². The fraction of sp³-hybridized carbons (Fsp3) is 0.308. The maximum atomic E-state index is 11.4. The molecular formula is C13H15N3O4. The number of rotatable bonds is 3. The van der Waals surface area contributed by atoms with E-state index < -0.39 is 11.8 Å². The van der Waals surface area contributed by atoms with Gasteiger partial charge in [-0.15, -0.1) is 0 Å². The van der Waals surface area contributed by atoms with E-state index >= 15 is 0 Å². The van der Waals surface area contributed by atoms with E-state index in [9.17, 15) is 9.59 Å². The Bertz CT molecular complexity index is 555. The van der Waals surface area contributed by atoms with Crippen molar-refractivity contribution in [1.29, 1.82) is 0 Å². The summed E-state index contributed by atoms with van der Waals surface area (Å²) in [5.74, 6) is -0.237. The van der Waals surface area contributed by atoms with Crippen molar-refractivity contribution in [3.8, 4) is 11.5 Å². The molecule has 0 bridgehead atoms. The van der Waals surface area contributed by atoms with Gasteiger partial charge >= 0.3 is 11.8 Å². The highest BCUT2D eigenvalue weighted by atomic mass is 16.7. The molecule has 0 radical (unpaired) electrons. The van der Waals surface area contributed by atoms with E-state index in [1.54, 1.807) is 32.0 Å². The molecule has 106 valence electrons. The molecule has 0 fully saturated rings. The number of carbonyl (C=O) groups is 2. The summed E-state index contributed by atoms with van der Waals surface area (Å²) in [6, 6.07) is 5.13. The molecule has 7 nitrogen and oxygen atoms in total. The number of hydrazone groups is 1. The second-order valence-electron chi connectivity index (χ2n) is 4.44. The number of benzene rings is 1. The van der Waals surface area contributed by atoms with Gasteiger partial charge in [-0.05, 0) is 37.6 Å². The zero-order valence-corrected chi connectivity index (χ0v) is 11.2. The van der Waals surface area contributed by atoms with Crippen LogP contribution in [0.25, 0.3) is 0 Å². The Balaban J connectivity index is 1.90. The van der Waals surface area contributed by atoms with Gasteiger partial charge in [0.1, 0.15) is 0 Å². The first-order chi connectivity index (χ1) is 9.56. The quantitative estimate of drug-likeness (QED) is 0.475. The minimum Gasteiger partial charge on any atom is -0.454 e. The van der Waals surface area contributed by atoms with Crippen molar-refractivity contribution in [3.63, 3.8) is 0 Å². The maximum Gasteiger partial charge on any atom is 0.329 e. The van der Waals surface area contributed by atoms with Gasteiger partial charge < -0.3 is 14.8 Å². The molecule has 0 unspecified atom stereocenters. The molecular weight excluding hydrogens is 262 g/mol. The third-order valence-corrected chi connectivity index (χ3v) is 2.40. The Kier molecular flexibility index (Phi) is 4.19. The van der Waals surface area contributed by atoms with Crippen molar-refractivity contribution in [2.45, 2.75) is 19.9 Å². The van der Waals surface area contributed by atoms with E-state index in [2.05, 4.69) is 15.8 Å². The zero-order chi connectivity index (χ0) is 14.5. The first-order valence-corrected chi connectivity index (χ1v) is 6.10. The van der Waals surface area contributed by atoms with Crippen LogP contribution in [0.15, 0.2) is 23.3 Å². The van der Waals surface area contributed by atoms with Crippen LogP contribution in [-0.4, -0.2) is 30.9 Å². The fourth-order valence-corrected chi connectivity index (χ4v) is 1.54. The highest BCUT2D eigenvalue weighted by Gasteiger charge is 2.14. The summed E-state index contributed by atoms with van der Waals surface area (Å²) >= 11 is 0. The average molecular weight is 277 g/mol. The minimum atomic E-state index is -0.810. The van der Waals surface area contributed by atoms with Crippen LogP contribution >= 0.6 is 0 Å². The summed E-state index contributed by atoms with van der Waals surface area (Å²) in [5, 5.41) is 6.18. The lowest BCUT2D eigenvalue weighted by atomic mass is 10.2. The van der Waals surface area contributed by atoms with Crippen LogP contribution in [0.3, 0.4) is 0 Å². The predicted octanol–water partition coefficient (Wildman–Crippen LogP) is 0.390. The molecule has 20 heavy (non-hydrogen) atoms. The molecule has 1 aliphatic heterocycles. The largest absolute Gasteiger partial charge is 0.454 e. The van der Waals surface area contributed by atoms with Crippen LogP contribution in [0.4, 0.5) is 0 Å². The summed E-state index contributed by atoms with van der Waals surface area (Å²) in [5.41, 5.74) is 2.87. The Morgan fingerprint density at radius 2 is 2.00 bits per heavy atom. The normalized spacial score (nSPS) is 12.8. The number of fused-ring (bicyclic) bond motifs is 1. The highest BCUT2D eigenvalue weighted by molar-refractivity contribution is 6.35. The summed E-state index contributed by atoms with van der Waals surface area (Å²) in [4.78, 5) is 22.7. The lowest BCUT2D eigenvalue weighted by Crippen LogP contribution is -2.41. The molecule has 0 spiro atoms. The number of hydrogen-bond acceptors (Lipinski definition) is 5. The van der Waals surface area contributed by atoms with Gasteiger partial charge in [-0.3, -0.25) is 9.59 Å². The van der Waals surface area contributed by atoms with Gasteiger partial charge in [-0.2, -0.15) is 5.10 Å². The Labute approximate surface area is 115 Å². The highest BCUT2D eigenvalue weighted by Crippen LogP contribution is 2.31. The number of nitrogens with one attached hydrogen (secondary N) is 2. The van der Waals surface area contributed by atoms with Crippen molar-refractivity contribution in [1.82, 2.24) is 10.7 Å². The smallest absolute Gasteiger partial charge is 0.329 e. The number of hydrogen-bond donors (Lipinski definition) is 2. The predicted molar refractivity (Wildman–Crippen MR) is 71.6 cm³/mol. The Morgan fingerprint density at radius 3 is 2.75 bits per heavy atom. The minimum absolute atomic E-state index is 0.105. The van der Waals surface area contributed by atoms with E-state index in [1.807, 2.05) is 0 Å². The van der Waals surface area contributed by atoms with Gasteiger partial charge in [-0.25, -0.2) is 5.43 Å². The topological polar surface area (TPSA) is 89.0 Å². The van der Waals surface area contributed by atoms with Crippen molar-refractivity contribution in [2.75, 3.05) is 6.79 Å². The molecule has 0 saturated carbocycles. The molecule has 2 rings (SSSR count). The van der Waals surface area contributed by atoms with E-state index in [4.69, 9.17) is 9.47 Å². The monoisotopic (exact) mass is 277 g/mol. The average Bonchev–Trinajstić information content (AvgIpc) is 2.85. The third-order valence-electron chi connectivity index (χ3n) is 2.40. The Hall–Kier alpha value is -2.57. The molecule has 7 heteroatoms. The van der Waals surface area contributed by atoms with Gasteiger partial charge in [-0.1, -0.05) is 0 Å². The molecule has 1 aliphatic rings. The molecule has 1 heterocycles.